The van der Waals surface area contributed by atoms with Gasteiger partial charge in [-0.2, -0.15) is 0 Å². The van der Waals surface area contributed by atoms with Gasteiger partial charge in [0.15, 0.2) is 0 Å². The lowest BCUT2D eigenvalue weighted by Crippen LogP contribution is -2.53. The number of hydroxylamine groups is 1. The van der Waals surface area contributed by atoms with Gasteiger partial charge in [-0.1, -0.05) is 18.2 Å². The Morgan fingerprint density at radius 1 is 1.11 bits per heavy atom. The summed E-state index contributed by atoms with van der Waals surface area (Å²) >= 11 is 0. The number of fused-ring (bicyclic) bond motifs is 1. The number of carbonyl (C=O) groups is 2. The summed E-state index contributed by atoms with van der Waals surface area (Å²) in [5.74, 6) is -0.146. The SMILES string of the molecule is CO[C@H]1CC[C@](CC(=O)NO)(NC(=O)c2ccc(OCc3cc(C)nc4ccccc34)cc2)CC1. The number of hydrogen-bond donors (Lipinski definition) is 3. The van der Waals surface area contributed by atoms with Gasteiger partial charge in [-0.15, -0.1) is 0 Å². The fourth-order valence-electron chi connectivity index (χ4n) is 4.76. The van der Waals surface area contributed by atoms with Crippen LogP contribution in [0.4, 0.5) is 0 Å². The zero-order valence-corrected chi connectivity index (χ0v) is 20.0. The van der Waals surface area contributed by atoms with Crippen LogP contribution in [-0.2, 0) is 16.1 Å². The zero-order chi connectivity index (χ0) is 24.8. The number of amides is 2. The molecule has 0 bridgehead atoms. The van der Waals surface area contributed by atoms with E-state index in [1.807, 2.05) is 37.3 Å². The number of nitrogens with one attached hydrogen (secondary N) is 2. The van der Waals surface area contributed by atoms with Crippen molar-refractivity contribution < 1.29 is 24.3 Å². The van der Waals surface area contributed by atoms with Crippen LogP contribution in [0.1, 0.15) is 53.7 Å². The highest BCUT2D eigenvalue weighted by Gasteiger charge is 2.38. The Morgan fingerprint density at radius 3 is 2.51 bits per heavy atom. The van der Waals surface area contributed by atoms with Crippen LogP contribution in [-0.4, -0.2) is 40.8 Å². The first kappa shape index (κ1) is 24.6. The van der Waals surface area contributed by atoms with E-state index >= 15 is 0 Å². The quantitative estimate of drug-likeness (QED) is 0.333. The molecule has 0 unspecified atom stereocenters. The van der Waals surface area contributed by atoms with Crippen LogP contribution in [0.15, 0.2) is 54.6 Å². The highest BCUT2D eigenvalue weighted by Crippen LogP contribution is 2.33. The van der Waals surface area contributed by atoms with Gasteiger partial charge in [-0.25, -0.2) is 5.48 Å². The molecular weight excluding hydrogens is 446 g/mol. The molecule has 2 aromatic carbocycles. The first-order valence-electron chi connectivity index (χ1n) is 11.8. The van der Waals surface area contributed by atoms with Gasteiger partial charge in [-0.05, 0) is 69.0 Å². The number of rotatable bonds is 8. The van der Waals surface area contributed by atoms with E-state index in [1.165, 1.54) is 0 Å². The summed E-state index contributed by atoms with van der Waals surface area (Å²) < 4.78 is 11.4. The molecule has 1 aromatic heterocycles. The van der Waals surface area contributed by atoms with Crippen LogP contribution in [0.25, 0.3) is 10.9 Å². The van der Waals surface area contributed by atoms with E-state index in [0.29, 0.717) is 30.8 Å². The second-order valence-electron chi connectivity index (χ2n) is 9.13. The van der Waals surface area contributed by atoms with E-state index in [9.17, 15) is 9.59 Å². The van der Waals surface area contributed by atoms with E-state index in [1.54, 1.807) is 36.9 Å². The molecule has 1 fully saturated rings. The average molecular weight is 478 g/mol. The lowest BCUT2D eigenvalue weighted by Gasteiger charge is -2.40. The Kier molecular flexibility index (Phi) is 7.63. The summed E-state index contributed by atoms with van der Waals surface area (Å²) in [6.45, 7) is 2.34. The van der Waals surface area contributed by atoms with Gasteiger partial charge in [0, 0.05) is 34.9 Å². The highest BCUT2D eigenvalue weighted by molar-refractivity contribution is 5.95. The molecule has 1 heterocycles. The first-order valence-corrected chi connectivity index (χ1v) is 11.8. The maximum absolute atomic E-state index is 13.0. The Balaban J connectivity index is 1.42. The number of ether oxygens (including phenoxy) is 2. The van der Waals surface area contributed by atoms with Crippen LogP contribution in [0.3, 0.4) is 0 Å². The number of aromatic nitrogens is 1. The number of nitrogens with zero attached hydrogens (tertiary/aromatic N) is 1. The molecule has 0 saturated heterocycles. The van der Waals surface area contributed by atoms with E-state index < -0.39 is 11.4 Å². The van der Waals surface area contributed by atoms with Crippen molar-refractivity contribution in [1.82, 2.24) is 15.8 Å². The minimum absolute atomic E-state index is 0.00613. The molecule has 4 rings (SSSR count). The van der Waals surface area contributed by atoms with Crippen LogP contribution in [0.5, 0.6) is 5.75 Å². The minimum Gasteiger partial charge on any atom is -0.489 e. The predicted octanol–water partition coefficient (Wildman–Crippen LogP) is 4.08. The molecule has 1 aliphatic carbocycles. The highest BCUT2D eigenvalue weighted by atomic mass is 16.5. The van der Waals surface area contributed by atoms with Crippen LogP contribution in [0, 0.1) is 6.92 Å². The molecule has 184 valence electrons. The fourth-order valence-corrected chi connectivity index (χ4v) is 4.76. The lowest BCUT2D eigenvalue weighted by atomic mass is 9.77. The Bertz CT molecular complexity index is 1190. The molecular formula is C27H31N3O5. The average Bonchev–Trinajstić information content (AvgIpc) is 2.87. The molecule has 2 amide bonds. The van der Waals surface area contributed by atoms with Crippen molar-refractivity contribution in [2.45, 2.75) is 57.3 Å². The third kappa shape index (κ3) is 5.96. The summed E-state index contributed by atoms with van der Waals surface area (Å²) in [6.07, 6.45) is 2.74. The second kappa shape index (κ2) is 10.8. The maximum Gasteiger partial charge on any atom is 0.251 e. The second-order valence-corrected chi connectivity index (χ2v) is 9.13. The minimum atomic E-state index is -0.728. The maximum atomic E-state index is 13.0. The molecule has 0 radical (unpaired) electrons. The van der Waals surface area contributed by atoms with Crippen LogP contribution >= 0.6 is 0 Å². The number of aryl methyl sites for hydroxylation is 1. The van der Waals surface area contributed by atoms with Gasteiger partial charge >= 0.3 is 0 Å². The smallest absolute Gasteiger partial charge is 0.251 e. The Hall–Kier alpha value is -3.49. The van der Waals surface area contributed by atoms with Crippen molar-refractivity contribution in [2.75, 3.05) is 7.11 Å². The van der Waals surface area contributed by atoms with Gasteiger partial charge in [0.1, 0.15) is 12.4 Å². The summed E-state index contributed by atoms with van der Waals surface area (Å²) in [4.78, 5) is 29.5. The Morgan fingerprint density at radius 2 is 1.83 bits per heavy atom. The van der Waals surface area contributed by atoms with E-state index in [0.717, 1.165) is 35.0 Å². The van der Waals surface area contributed by atoms with Crippen LogP contribution < -0.4 is 15.5 Å². The molecule has 1 aliphatic rings. The van der Waals surface area contributed by atoms with Crippen molar-refractivity contribution in [3.05, 3.63) is 71.4 Å². The first-order chi connectivity index (χ1) is 16.9. The zero-order valence-electron chi connectivity index (χ0n) is 20.0. The third-order valence-electron chi connectivity index (χ3n) is 6.67. The monoisotopic (exact) mass is 477 g/mol. The van der Waals surface area contributed by atoms with Crippen molar-refractivity contribution in [1.29, 1.82) is 0 Å². The van der Waals surface area contributed by atoms with Gasteiger partial charge in [0.25, 0.3) is 5.91 Å². The molecule has 3 aromatic rings. The summed E-state index contributed by atoms with van der Waals surface area (Å²) in [6, 6.07) is 16.9. The van der Waals surface area contributed by atoms with Gasteiger partial charge in [0.05, 0.1) is 18.0 Å². The van der Waals surface area contributed by atoms with Crippen molar-refractivity contribution in [3.63, 3.8) is 0 Å². The van der Waals surface area contributed by atoms with Crippen LogP contribution in [0.2, 0.25) is 0 Å². The standard InChI is InChI=1S/C27H31N3O5/c1-18-15-20(23-5-3-4-6-24(23)28-18)17-35-22-9-7-19(8-10-22)26(32)29-27(16-25(31)30-33)13-11-21(34-2)12-14-27/h3-10,15,21,33H,11-14,16-17H2,1-2H3,(H,29,32)(H,30,31)/t21-,27-. The number of para-hydroxylation sites is 1. The fraction of sp³-hybridized carbons (Fsp3) is 0.370. The number of carbonyl (C=O) groups excluding carboxylic acids is 2. The van der Waals surface area contributed by atoms with Crippen molar-refractivity contribution in [2.24, 2.45) is 0 Å². The molecule has 35 heavy (non-hydrogen) atoms. The number of benzene rings is 2. The van der Waals surface area contributed by atoms with Gasteiger partial charge in [-0.3, -0.25) is 19.8 Å². The predicted molar refractivity (Wildman–Crippen MR) is 131 cm³/mol. The van der Waals surface area contributed by atoms with E-state index in [4.69, 9.17) is 14.7 Å². The summed E-state index contributed by atoms with van der Waals surface area (Å²) in [5.41, 5.74) is 4.33. The van der Waals surface area contributed by atoms with Crippen molar-refractivity contribution in [3.8, 4) is 5.75 Å². The molecule has 8 nitrogen and oxygen atoms in total. The summed E-state index contributed by atoms with van der Waals surface area (Å²) in [7, 11) is 1.67. The number of hydrogen-bond acceptors (Lipinski definition) is 6. The molecule has 1 saturated carbocycles. The number of methoxy groups -OCH3 is 1. The van der Waals surface area contributed by atoms with Crippen molar-refractivity contribution >= 4 is 22.7 Å². The molecule has 8 heteroatoms. The normalized spacial score (nSPS) is 19.8. The van der Waals surface area contributed by atoms with Gasteiger partial charge < -0.3 is 14.8 Å². The van der Waals surface area contributed by atoms with E-state index in [-0.39, 0.29) is 18.4 Å². The largest absolute Gasteiger partial charge is 0.489 e. The molecule has 0 aliphatic heterocycles. The van der Waals surface area contributed by atoms with Gasteiger partial charge in [0.2, 0.25) is 5.91 Å². The molecule has 3 N–H and O–H groups in total. The summed E-state index contributed by atoms with van der Waals surface area (Å²) in [5, 5.41) is 13.1. The Labute approximate surface area is 204 Å². The molecule has 0 spiro atoms. The lowest BCUT2D eigenvalue weighted by molar-refractivity contribution is -0.131. The topological polar surface area (TPSA) is 110 Å². The molecule has 0 atom stereocenters. The third-order valence-corrected chi connectivity index (χ3v) is 6.67. The van der Waals surface area contributed by atoms with E-state index in [2.05, 4.69) is 10.3 Å². The number of pyridine rings is 1.